The molecule has 0 spiro atoms. The highest BCUT2D eigenvalue weighted by molar-refractivity contribution is 5.22. The zero-order chi connectivity index (χ0) is 18.5. The van der Waals surface area contributed by atoms with E-state index in [2.05, 4.69) is 40.6 Å². The molecule has 0 saturated heterocycles. The van der Waals surface area contributed by atoms with Gasteiger partial charge in [0.2, 0.25) is 0 Å². The summed E-state index contributed by atoms with van der Waals surface area (Å²) >= 11 is 0. The molecule has 1 aliphatic heterocycles. The minimum atomic E-state index is -0.748. The molecular formula is C22H23N3O2. The van der Waals surface area contributed by atoms with Gasteiger partial charge < -0.3 is 9.47 Å². The van der Waals surface area contributed by atoms with Crippen LogP contribution in [0.5, 0.6) is 0 Å². The minimum Gasteiger partial charge on any atom is -0.376 e. The third kappa shape index (κ3) is 3.78. The van der Waals surface area contributed by atoms with Crippen molar-refractivity contribution in [3.63, 3.8) is 0 Å². The first-order chi connectivity index (χ1) is 13.3. The number of ether oxygens (including phenoxy) is 2. The first kappa shape index (κ1) is 17.8. The number of azo groups is 1. The first-order valence-electron chi connectivity index (χ1n) is 9.38. The van der Waals surface area contributed by atoms with Crippen molar-refractivity contribution in [1.29, 1.82) is 5.26 Å². The average Bonchev–Trinajstić information content (AvgIpc) is 3.25. The van der Waals surface area contributed by atoms with Gasteiger partial charge in [0.1, 0.15) is 0 Å². The fourth-order valence-corrected chi connectivity index (χ4v) is 4.10. The Balaban J connectivity index is 1.42. The molecule has 138 valence electrons. The van der Waals surface area contributed by atoms with Crippen molar-refractivity contribution in [3.8, 4) is 6.07 Å². The Morgan fingerprint density at radius 1 is 1.00 bits per heavy atom. The highest BCUT2D eigenvalue weighted by atomic mass is 16.5. The molecule has 2 aliphatic rings. The Morgan fingerprint density at radius 2 is 1.67 bits per heavy atom. The van der Waals surface area contributed by atoms with Crippen LogP contribution < -0.4 is 0 Å². The van der Waals surface area contributed by atoms with Gasteiger partial charge in [0.15, 0.2) is 5.54 Å². The monoisotopic (exact) mass is 361 g/mol. The maximum atomic E-state index is 9.75. The van der Waals surface area contributed by atoms with Crippen LogP contribution in [-0.2, 0) is 22.7 Å². The van der Waals surface area contributed by atoms with Gasteiger partial charge in [-0.25, -0.2) is 0 Å². The lowest BCUT2D eigenvalue weighted by atomic mass is 9.86. The second-order valence-corrected chi connectivity index (χ2v) is 7.27. The number of rotatable bonds is 7. The summed E-state index contributed by atoms with van der Waals surface area (Å²) in [4.78, 5) is 0. The molecule has 0 unspecified atom stereocenters. The molecule has 1 heterocycles. The van der Waals surface area contributed by atoms with Crippen molar-refractivity contribution < 1.29 is 9.47 Å². The van der Waals surface area contributed by atoms with Crippen LogP contribution in [0.15, 0.2) is 70.9 Å². The third-order valence-electron chi connectivity index (χ3n) is 5.57. The lowest BCUT2D eigenvalue weighted by Gasteiger charge is -2.23. The van der Waals surface area contributed by atoms with Crippen LogP contribution in [0, 0.1) is 23.2 Å². The van der Waals surface area contributed by atoms with Crippen molar-refractivity contribution in [2.45, 2.75) is 31.3 Å². The molecule has 0 radical (unpaired) electrons. The summed E-state index contributed by atoms with van der Waals surface area (Å²) in [6.45, 7) is 2.22. The fourth-order valence-electron chi connectivity index (χ4n) is 4.10. The van der Waals surface area contributed by atoms with E-state index in [9.17, 15) is 5.26 Å². The molecule has 1 aliphatic carbocycles. The van der Waals surface area contributed by atoms with Crippen molar-refractivity contribution in [1.82, 2.24) is 0 Å². The molecule has 2 aromatic rings. The lowest BCUT2D eigenvalue weighted by Crippen LogP contribution is -2.32. The van der Waals surface area contributed by atoms with E-state index >= 15 is 0 Å². The van der Waals surface area contributed by atoms with Crippen molar-refractivity contribution >= 4 is 0 Å². The van der Waals surface area contributed by atoms with Crippen LogP contribution in [0.25, 0.3) is 0 Å². The quantitative estimate of drug-likeness (QED) is 0.744. The van der Waals surface area contributed by atoms with Crippen molar-refractivity contribution in [2.24, 2.45) is 22.1 Å². The molecule has 5 nitrogen and oxygen atoms in total. The van der Waals surface area contributed by atoms with Gasteiger partial charge in [-0.3, -0.25) is 0 Å². The number of benzene rings is 2. The lowest BCUT2D eigenvalue weighted by molar-refractivity contribution is -0.0282. The van der Waals surface area contributed by atoms with Crippen molar-refractivity contribution in [2.75, 3.05) is 13.2 Å². The molecule has 2 aromatic carbocycles. The normalized spacial score (nSPS) is 28.8. The Labute approximate surface area is 159 Å². The van der Waals surface area contributed by atoms with Crippen LogP contribution in [0.1, 0.15) is 17.5 Å². The summed E-state index contributed by atoms with van der Waals surface area (Å²) < 4.78 is 12.2. The van der Waals surface area contributed by atoms with Gasteiger partial charge in [-0.15, -0.1) is 0 Å². The van der Waals surface area contributed by atoms with E-state index in [1.165, 1.54) is 0 Å². The summed E-state index contributed by atoms with van der Waals surface area (Å²) in [7, 11) is 0. The SMILES string of the molecule is N#C[C@@]12C[C@H](OCc3ccccc3)[C@@H](COCc3ccccc3)[C@@H]1CN=N2. The number of nitrogens with zero attached hydrogens (tertiary/aromatic N) is 3. The number of fused-ring (bicyclic) bond motifs is 1. The molecular weight excluding hydrogens is 338 g/mol. The fraction of sp³-hybridized carbons (Fsp3) is 0.409. The van der Waals surface area contributed by atoms with Gasteiger partial charge in [-0.2, -0.15) is 15.5 Å². The van der Waals surface area contributed by atoms with Gasteiger partial charge in [-0.1, -0.05) is 60.7 Å². The van der Waals surface area contributed by atoms with E-state index in [-0.39, 0.29) is 17.9 Å². The second-order valence-electron chi connectivity index (χ2n) is 7.27. The molecule has 0 N–H and O–H groups in total. The van der Waals surface area contributed by atoms with Crippen LogP contribution in [0.2, 0.25) is 0 Å². The molecule has 4 rings (SSSR count). The third-order valence-corrected chi connectivity index (χ3v) is 5.57. The van der Waals surface area contributed by atoms with Gasteiger partial charge in [-0.05, 0) is 11.1 Å². The van der Waals surface area contributed by atoms with Crippen LogP contribution >= 0.6 is 0 Å². The largest absolute Gasteiger partial charge is 0.376 e. The summed E-state index contributed by atoms with van der Waals surface area (Å²) in [6, 6.07) is 22.6. The van der Waals surface area contributed by atoms with Gasteiger partial charge in [0.25, 0.3) is 0 Å². The van der Waals surface area contributed by atoms with E-state index in [1.54, 1.807) is 0 Å². The molecule has 4 atom stereocenters. The molecule has 1 saturated carbocycles. The average molecular weight is 361 g/mol. The Hall–Kier alpha value is -2.55. The van der Waals surface area contributed by atoms with Gasteiger partial charge in [0.05, 0.1) is 38.5 Å². The Morgan fingerprint density at radius 3 is 2.33 bits per heavy atom. The van der Waals surface area contributed by atoms with Crippen LogP contribution in [-0.4, -0.2) is 24.8 Å². The van der Waals surface area contributed by atoms with Crippen LogP contribution in [0.4, 0.5) is 0 Å². The number of hydrogen-bond acceptors (Lipinski definition) is 5. The molecule has 0 amide bonds. The summed E-state index contributed by atoms with van der Waals surface area (Å²) in [5.41, 5.74) is 1.53. The molecule has 0 bridgehead atoms. The highest BCUT2D eigenvalue weighted by Gasteiger charge is 2.57. The van der Waals surface area contributed by atoms with E-state index in [0.29, 0.717) is 32.8 Å². The second kappa shape index (κ2) is 7.99. The zero-order valence-electron chi connectivity index (χ0n) is 15.2. The minimum absolute atomic E-state index is 0.0510. The smallest absolute Gasteiger partial charge is 0.175 e. The molecule has 1 fully saturated rings. The summed E-state index contributed by atoms with van der Waals surface area (Å²) in [5, 5.41) is 18.2. The van der Waals surface area contributed by atoms with Gasteiger partial charge in [0, 0.05) is 18.3 Å². The standard InChI is InChI=1S/C22H23N3O2/c23-16-22-11-21(27-14-18-9-5-2-6-10-18)19(20(22)12-24-25-22)15-26-13-17-7-3-1-4-8-17/h1-10,19-21H,11-15H2/t19-,20-,21-,22-/m0/s1. The van der Waals surface area contributed by atoms with Gasteiger partial charge >= 0.3 is 0 Å². The predicted molar refractivity (Wildman–Crippen MR) is 101 cm³/mol. The number of nitriles is 1. The zero-order valence-corrected chi connectivity index (χ0v) is 15.2. The highest BCUT2D eigenvalue weighted by Crippen LogP contribution is 2.48. The summed E-state index contributed by atoms with van der Waals surface area (Å²) in [6.07, 6.45) is 0.536. The van der Waals surface area contributed by atoms with E-state index in [1.807, 2.05) is 36.4 Å². The number of hydrogen-bond donors (Lipinski definition) is 0. The summed E-state index contributed by atoms with van der Waals surface area (Å²) in [5.74, 6) is 0.186. The maximum Gasteiger partial charge on any atom is 0.175 e. The van der Waals surface area contributed by atoms with E-state index < -0.39 is 5.54 Å². The molecule has 0 aromatic heterocycles. The maximum absolute atomic E-state index is 9.75. The molecule has 5 heteroatoms. The first-order valence-corrected chi connectivity index (χ1v) is 9.38. The topological polar surface area (TPSA) is 67.0 Å². The Kier molecular flexibility index (Phi) is 5.28. The predicted octanol–water partition coefficient (Wildman–Crippen LogP) is 4.15. The molecule has 27 heavy (non-hydrogen) atoms. The Bertz CT molecular complexity index is 818. The van der Waals surface area contributed by atoms with E-state index in [4.69, 9.17) is 9.47 Å². The van der Waals surface area contributed by atoms with E-state index in [0.717, 1.165) is 11.1 Å². The van der Waals surface area contributed by atoms with Crippen LogP contribution in [0.3, 0.4) is 0 Å². The van der Waals surface area contributed by atoms with Crippen molar-refractivity contribution in [3.05, 3.63) is 71.8 Å².